The Labute approximate surface area is 113 Å². The van der Waals surface area contributed by atoms with Crippen LogP contribution in [0.2, 0.25) is 0 Å². The normalized spacial score (nSPS) is 27.3. The summed E-state index contributed by atoms with van der Waals surface area (Å²) >= 11 is 0. The van der Waals surface area contributed by atoms with Gasteiger partial charge in [0.05, 0.1) is 6.10 Å². The summed E-state index contributed by atoms with van der Waals surface area (Å²) in [5.74, 6) is -0.914. The number of hydrogen-bond donors (Lipinski definition) is 2. The number of urea groups is 1. The Bertz CT molecular complexity index is 329. The first kappa shape index (κ1) is 14.1. The van der Waals surface area contributed by atoms with E-state index in [-0.39, 0.29) is 12.1 Å². The molecule has 2 N–H and O–H groups in total. The van der Waals surface area contributed by atoms with Gasteiger partial charge in [-0.05, 0) is 38.5 Å². The lowest BCUT2D eigenvalue weighted by atomic mass is 10.1. The van der Waals surface area contributed by atoms with E-state index >= 15 is 0 Å². The molecule has 0 spiro atoms. The molecule has 1 unspecified atom stereocenters. The molecule has 2 aliphatic heterocycles. The van der Waals surface area contributed by atoms with Crippen molar-refractivity contribution >= 4 is 12.0 Å². The van der Waals surface area contributed by atoms with E-state index < -0.39 is 12.0 Å². The smallest absolute Gasteiger partial charge is 0.326 e. The van der Waals surface area contributed by atoms with Crippen LogP contribution in [0.25, 0.3) is 0 Å². The molecule has 2 atom stereocenters. The predicted molar refractivity (Wildman–Crippen MR) is 69.0 cm³/mol. The summed E-state index contributed by atoms with van der Waals surface area (Å²) in [6.45, 7) is 1.89. The zero-order chi connectivity index (χ0) is 13.7. The zero-order valence-electron chi connectivity index (χ0n) is 11.1. The molecule has 0 aliphatic carbocycles. The number of amides is 2. The summed E-state index contributed by atoms with van der Waals surface area (Å²) in [7, 11) is 0. The fraction of sp³-hybridized carbons (Fsp3) is 0.846. The molecule has 0 aromatic heterocycles. The molecule has 2 heterocycles. The van der Waals surface area contributed by atoms with E-state index in [1.54, 1.807) is 0 Å². The van der Waals surface area contributed by atoms with Gasteiger partial charge in [-0.25, -0.2) is 9.59 Å². The van der Waals surface area contributed by atoms with Crippen molar-refractivity contribution in [3.05, 3.63) is 0 Å². The van der Waals surface area contributed by atoms with E-state index in [1.165, 1.54) is 11.3 Å². The number of nitrogens with zero attached hydrogens (tertiary/aromatic N) is 1. The molecule has 0 aromatic carbocycles. The van der Waals surface area contributed by atoms with Crippen molar-refractivity contribution in [1.82, 2.24) is 10.2 Å². The highest BCUT2D eigenvalue weighted by molar-refractivity contribution is 5.83. The van der Waals surface area contributed by atoms with Crippen LogP contribution in [0.15, 0.2) is 0 Å². The third kappa shape index (κ3) is 3.83. The first-order valence-corrected chi connectivity index (χ1v) is 7.07. The van der Waals surface area contributed by atoms with Crippen LogP contribution in [0.5, 0.6) is 0 Å². The molecule has 0 radical (unpaired) electrons. The van der Waals surface area contributed by atoms with Gasteiger partial charge in [0.25, 0.3) is 0 Å². The monoisotopic (exact) mass is 270 g/mol. The van der Waals surface area contributed by atoms with Crippen LogP contribution in [0.3, 0.4) is 0 Å². The highest BCUT2D eigenvalue weighted by atomic mass is 16.5. The quantitative estimate of drug-likeness (QED) is 0.804. The molecule has 2 amide bonds. The maximum atomic E-state index is 11.9. The van der Waals surface area contributed by atoms with Gasteiger partial charge in [0.1, 0.15) is 6.04 Å². The van der Waals surface area contributed by atoms with Crippen molar-refractivity contribution in [3.8, 4) is 0 Å². The number of carbonyl (C=O) groups is 2. The molecular formula is C13H22N2O4. The van der Waals surface area contributed by atoms with Gasteiger partial charge in [-0.3, -0.25) is 0 Å². The summed E-state index contributed by atoms with van der Waals surface area (Å²) in [5.41, 5.74) is 0. The minimum absolute atomic E-state index is 0.239. The molecular weight excluding hydrogens is 248 g/mol. The maximum Gasteiger partial charge on any atom is 0.326 e. The van der Waals surface area contributed by atoms with Gasteiger partial charge in [0.15, 0.2) is 0 Å². The van der Waals surface area contributed by atoms with Crippen molar-refractivity contribution < 1.29 is 19.4 Å². The lowest BCUT2D eigenvalue weighted by molar-refractivity contribution is -0.141. The number of rotatable bonds is 4. The topological polar surface area (TPSA) is 78.9 Å². The van der Waals surface area contributed by atoms with Gasteiger partial charge in [-0.15, -0.1) is 0 Å². The molecule has 2 rings (SSSR count). The molecule has 2 aliphatic rings. The molecule has 0 aromatic rings. The van der Waals surface area contributed by atoms with Crippen molar-refractivity contribution in [2.24, 2.45) is 0 Å². The first-order chi connectivity index (χ1) is 9.18. The zero-order valence-corrected chi connectivity index (χ0v) is 11.1. The lowest BCUT2D eigenvalue weighted by Gasteiger charge is -2.24. The third-order valence-electron chi connectivity index (χ3n) is 3.82. The SMILES string of the molecule is O=C(O)[C@@H]1CCCN1C(=O)NCCC1CCCCO1. The van der Waals surface area contributed by atoms with Crippen LogP contribution in [-0.2, 0) is 9.53 Å². The maximum absolute atomic E-state index is 11.9. The molecule has 19 heavy (non-hydrogen) atoms. The van der Waals surface area contributed by atoms with Crippen LogP contribution in [0, 0.1) is 0 Å². The second-order valence-corrected chi connectivity index (χ2v) is 5.20. The molecule has 0 saturated carbocycles. The van der Waals surface area contributed by atoms with Gasteiger partial charge in [0.2, 0.25) is 0 Å². The van der Waals surface area contributed by atoms with E-state index in [0.717, 1.165) is 32.3 Å². The van der Waals surface area contributed by atoms with Gasteiger partial charge in [-0.1, -0.05) is 0 Å². The minimum atomic E-state index is -0.914. The standard InChI is InChI=1S/C13H22N2O4/c16-12(17)11-5-3-8-15(11)13(18)14-7-6-10-4-1-2-9-19-10/h10-11H,1-9H2,(H,14,18)(H,16,17)/t10?,11-/m0/s1. The van der Waals surface area contributed by atoms with Crippen LogP contribution in [0.4, 0.5) is 4.79 Å². The number of carboxylic acid groups (broad SMARTS) is 1. The molecule has 2 fully saturated rings. The summed E-state index contributed by atoms with van der Waals surface area (Å²) in [6.07, 6.45) is 5.71. The number of hydrogen-bond acceptors (Lipinski definition) is 3. The number of carboxylic acids is 1. The molecule has 108 valence electrons. The second-order valence-electron chi connectivity index (χ2n) is 5.20. The average Bonchev–Trinajstić information content (AvgIpc) is 2.89. The summed E-state index contributed by atoms with van der Waals surface area (Å²) < 4.78 is 5.59. The number of ether oxygens (including phenoxy) is 1. The summed E-state index contributed by atoms with van der Waals surface area (Å²) in [5, 5.41) is 11.8. The second kappa shape index (κ2) is 6.75. The Kier molecular flexibility index (Phi) is 5.01. The van der Waals surface area contributed by atoms with Gasteiger partial charge < -0.3 is 20.1 Å². The predicted octanol–water partition coefficient (Wildman–Crippen LogP) is 1.20. The Morgan fingerprint density at radius 1 is 1.26 bits per heavy atom. The van der Waals surface area contributed by atoms with E-state index in [4.69, 9.17) is 9.84 Å². The van der Waals surface area contributed by atoms with Gasteiger partial charge in [0, 0.05) is 19.7 Å². The number of carbonyl (C=O) groups excluding carboxylic acids is 1. The minimum Gasteiger partial charge on any atom is -0.480 e. The van der Waals surface area contributed by atoms with Crippen molar-refractivity contribution in [1.29, 1.82) is 0 Å². The number of likely N-dealkylation sites (tertiary alicyclic amines) is 1. The van der Waals surface area contributed by atoms with Crippen LogP contribution < -0.4 is 5.32 Å². The Morgan fingerprint density at radius 2 is 2.11 bits per heavy atom. The largest absolute Gasteiger partial charge is 0.480 e. The summed E-state index contributed by atoms with van der Waals surface area (Å²) in [4.78, 5) is 24.3. The molecule has 6 nitrogen and oxygen atoms in total. The van der Waals surface area contributed by atoms with Gasteiger partial charge in [-0.2, -0.15) is 0 Å². The van der Waals surface area contributed by atoms with Gasteiger partial charge >= 0.3 is 12.0 Å². The summed E-state index contributed by atoms with van der Waals surface area (Å²) in [6, 6.07) is -0.924. The molecule has 6 heteroatoms. The highest BCUT2D eigenvalue weighted by Gasteiger charge is 2.33. The Morgan fingerprint density at radius 3 is 2.79 bits per heavy atom. The highest BCUT2D eigenvalue weighted by Crippen LogP contribution is 2.18. The lowest BCUT2D eigenvalue weighted by Crippen LogP contribution is -2.46. The van der Waals surface area contributed by atoms with Crippen molar-refractivity contribution in [2.45, 2.75) is 50.7 Å². The van der Waals surface area contributed by atoms with Crippen LogP contribution in [-0.4, -0.2) is 53.8 Å². The number of aliphatic carboxylic acids is 1. The Hall–Kier alpha value is -1.30. The molecule has 0 bridgehead atoms. The first-order valence-electron chi connectivity index (χ1n) is 7.07. The van der Waals surface area contributed by atoms with E-state index in [2.05, 4.69) is 5.32 Å². The third-order valence-corrected chi connectivity index (χ3v) is 3.82. The fourth-order valence-corrected chi connectivity index (χ4v) is 2.74. The van der Waals surface area contributed by atoms with Crippen molar-refractivity contribution in [2.75, 3.05) is 19.7 Å². The van der Waals surface area contributed by atoms with Crippen LogP contribution >= 0.6 is 0 Å². The van der Waals surface area contributed by atoms with Crippen LogP contribution in [0.1, 0.15) is 38.5 Å². The molecule has 2 saturated heterocycles. The fourth-order valence-electron chi connectivity index (χ4n) is 2.74. The van der Waals surface area contributed by atoms with E-state index in [1.807, 2.05) is 0 Å². The van der Waals surface area contributed by atoms with E-state index in [9.17, 15) is 9.59 Å². The average molecular weight is 270 g/mol. The van der Waals surface area contributed by atoms with Crippen molar-refractivity contribution in [3.63, 3.8) is 0 Å². The number of nitrogens with one attached hydrogen (secondary N) is 1. The van der Waals surface area contributed by atoms with E-state index in [0.29, 0.717) is 19.5 Å². The Balaban J connectivity index is 1.70.